The van der Waals surface area contributed by atoms with Crippen LogP contribution < -0.4 is 0 Å². The second kappa shape index (κ2) is 3.60. The van der Waals surface area contributed by atoms with E-state index in [0.29, 0.717) is 0 Å². The summed E-state index contributed by atoms with van der Waals surface area (Å²) < 4.78 is 33.7. The number of halogens is 4. The van der Waals surface area contributed by atoms with Crippen LogP contribution in [0.5, 0.6) is 0 Å². The van der Waals surface area contributed by atoms with E-state index >= 15 is 0 Å². The van der Waals surface area contributed by atoms with Crippen LogP contribution in [-0.2, 0) is 4.79 Å². The first-order chi connectivity index (χ1) is 3.85. The van der Waals surface area contributed by atoms with Crippen molar-refractivity contribution < 1.29 is 23.1 Å². The molecule has 0 saturated carbocycles. The highest BCUT2D eigenvalue weighted by atomic mass is 79.9. The first-order valence-electron chi connectivity index (χ1n) is 1.85. The van der Waals surface area contributed by atoms with Gasteiger partial charge in [-0.15, -0.1) is 17.0 Å². The Bertz CT molecular complexity index is 151. The largest absolute Gasteiger partial charge is 0.478 e. The van der Waals surface area contributed by atoms with E-state index in [9.17, 15) is 18.0 Å². The van der Waals surface area contributed by atoms with Gasteiger partial charge in [0.2, 0.25) is 0 Å². The summed E-state index contributed by atoms with van der Waals surface area (Å²) in [5, 5.41) is 7.70. The van der Waals surface area contributed by atoms with Crippen LogP contribution in [0.3, 0.4) is 0 Å². The Morgan fingerprint density at radius 3 is 1.70 bits per heavy atom. The average molecular weight is 221 g/mol. The van der Waals surface area contributed by atoms with Crippen molar-refractivity contribution in [1.29, 1.82) is 0 Å². The summed E-state index contributed by atoms with van der Waals surface area (Å²) in [4.78, 5) is 9.53. The molecule has 1 N–H and O–H groups in total. The standard InChI is InChI=1S/C4H3F3O2.BrH/c1-2(3(8)9)4(5,6)7;/h1H2,(H,8,9);1H. The lowest BCUT2D eigenvalue weighted by molar-refractivity contribution is -0.144. The minimum absolute atomic E-state index is 0. The maximum Gasteiger partial charge on any atom is 0.422 e. The number of hydrogen-bond acceptors (Lipinski definition) is 1. The van der Waals surface area contributed by atoms with Gasteiger partial charge < -0.3 is 5.11 Å². The van der Waals surface area contributed by atoms with Crippen LogP contribution in [-0.4, -0.2) is 17.3 Å². The number of carboxylic acids is 1. The lowest BCUT2D eigenvalue weighted by Gasteiger charge is -2.02. The summed E-state index contributed by atoms with van der Waals surface area (Å²) in [6.45, 7) is 2.30. The van der Waals surface area contributed by atoms with Crippen molar-refractivity contribution in [2.24, 2.45) is 0 Å². The molecule has 0 radical (unpaired) electrons. The monoisotopic (exact) mass is 220 g/mol. The summed E-state index contributed by atoms with van der Waals surface area (Å²) in [5.41, 5.74) is -1.75. The van der Waals surface area contributed by atoms with Crippen LogP contribution in [0.15, 0.2) is 12.2 Å². The van der Waals surface area contributed by atoms with Gasteiger partial charge in [-0.1, -0.05) is 6.58 Å². The quantitative estimate of drug-likeness (QED) is 0.685. The normalized spacial score (nSPS) is 9.90. The molecule has 0 saturated heterocycles. The molecule has 0 aliphatic heterocycles. The molecule has 60 valence electrons. The number of rotatable bonds is 1. The van der Waals surface area contributed by atoms with Gasteiger partial charge in [-0.2, -0.15) is 13.2 Å². The molecule has 0 aromatic rings. The molecule has 0 fully saturated rings. The molecule has 0 atom stereocenters. The second-order valence-electron chi connectivity index (χ2n) is 1.28. The highest BCUT2D eigenvalue weighted by Crippen LogP contribution is 2.23. The summed E-state index contributed by atoms with van der Waals surface area (Å²) in [6.07, 6.45) is -4.81. The summed E-state index contributed by atoms with van der Waals surface area (Å²) in [7, 11) is 0. The predicted octanol–water partition coefficient (Wildman–Crippen LogP) is 1.77. The first-order valence-corrected chi connectivity index (χ1v) is 1.85. The molecular formula is C4H4BrF3O2. The molecule has 0 aliphatic carbocycles. The molecule has 0 aromatic carbocycles. The molecule has 10 heavy (non-hydrogen) atoms. The second-order valence-corrected chi connectivity index (χ2v) is 1.28. The van der Waals surface area contributed by atoms with Crippen molar-refractivity contribution in [3.63, 3.8) is 0 Å². The lowest BCUT2D eigenvalue weighted by atomic mass is 10.3. The Morgan fingerprint density at radius 2 is 1.70 bits per heavy atom. The van der Waals surface area contributed by atoms with Crippen LogP contribution in [0, 0.1) is 0 Å². The van der Waals surface area contributed by atoms with Gasteiger partial charge in [-0.3, -0.25) is 0 Å². The number of aliphatic carboxylic acids is 1. The zero-order valence-electron chi connectivity index (χ0n) is 4.60. The molecule has 0 aliphatic rings. The molecule has 0 aromatic heterocycles. The Morgan fingerprint density at radius 1 is 1.40 bits per heavy atom. The molecule has 0 heterocycles. The van der Waals surface area contributed by atoms with Gasteiger partial charge in [0.05, 0.1) is 0 Å². The van der Waals surface area contributed by atoms with Crippen molar-refractivity contribution in [3.8, 4) is 0 Å². The zero-order chi connectivity index (χ0) is 7.65. The van der Waals surface area contributed by atoms with Crippen LogP contribution >= 0.6 is 17.0 Å². The van der Waals surface area contributed by atoms with E-state index in [2.05, 4.69) is 6.58 Å². The fraction of sp³-hybridized carbons (Fsp3) is 0.250. The van der Waals surface area contributed by atoms with Gasteiger partial charge in [0.1, 0.15) is 5.57 Å². The van der Waals surface area contributed by atoms with Crippen molar-refractivity contribution >= 4 is 23.0 Å². The zero-order valence-corrected chi connectivity index (χ0v) is 6.32. The van der Waals surface area contributed by atoms with E-state index in [1.54, 1.807) is 0 Å². The molecule has 6 heteroatoms. The molecule has 0 bridgehead atoms. The third kappa shape index (κ3) is 3.49. The number of alkyl halides is 3. The molecule has 0 amide bonds. The first kappa shape index (κ1) is 12.2. The maximum absolute atomic E-state index is 11.2. The van der Waals surface area contributed by atoms with Crippen LogP contribution in [0.25, 0.3) is 0 Å². The Hall–Kier alpha value is -0.520. The average Bonchev–Trinajstić information content (AvgIpc) is 1.62. The molecular weight excluding hydrogens is 217 g/mol. The summed E-state index contributed by atoms with van der Waals surface area (Å²) >= 11 is 0. The third-order valence-corrected chi connectivity index (χ3v) is 0.600. The van der Waals surface area contributed by atoms with Crippen LogP contribution in [0.2, 0.25) is 0 Å². The summed E-state index contributed by atoms with van der Waals surface area (Å²) in [5.74, 6) is -2.04. The number of carboxylic acid groups (broad SMARTS) is 1. The lowest BCUT2D eigenvalue weighted by Crippen LogP contribution is -2.18. The predicted molar refractivity (Wildman–Crippen MR) is 33.2 cm³/mol. The minimum Gasteiger partial charge on any atom is -0.478 e. The van der Waals surface area contributed by atoms with Gasteiger partial charge in [-0.05, 0) is 0 Å². The van der Waals surface area contributed by atoms with E-state index < -0.39 is 17.7 Å². The topological polar surface area (TPSA) is 37.3 Å². The van der Waals surface area contributed by atoms with E-state index in [0.717, 1.165) is 0 Å². The Labute approximate surface area is 65.1 Å². The van der Waals surface area contributed by atoms with Gasteiger partial charge in [0.15, 0.2) is 0 Å². The molecule has 0 unspecified atom stereocenters. The fourth-order valence-corrected chi connectivity index (χ4v) is 0.121. The van der Waals surface area contributed by atoms with Gasteiger partial charge >= 0.3 is 12.1 Å². The minimum atomic E-state index is -4.81. The van der Waals surface area contributed by atoms with Gasteiger partial charge in [0, 0.05) is 0 Å². The fourth-order valence-electron chi connectivity index (χ4n) is 0.121. The number of carbonyl (C=O) groups is 1. The highest BCUT2D eigenvalue weighted by molar-refractivity contribution is 8.93. The van der Waals surface area contributed by atoms with E-state index in [-0.39, 0.29) is 17.0 Å². The molecule has 2 nitrogen and oxygen atoms in total. The van der Waals surface area contributed by atoms with Gasteiger partial charge in [-0.25, -0.2) is 4.79 Å². The van der Waals surface area contributed by atoms with Crippen molar-refractivity contribution in [2.75, 3.05) is 0 Å². The number of hydrogen-bond donors (Lipinski definition) is 1. The van der Waals surface area contributed by atoms with Crippen molar-refractivity contribution in [3.05, 3.63) is 12.2 Å². The van der Waals surface area contributed by atoms with Crippen LogP contribution in [0.4, 0.5) is 13.2 Å². The van der Waals surface area contributed by atoms with E-state index in [4.69, 9.17) is 5.11 Å². The SMILES string of the molecule is Br.C=C(C(=O)O)C(F)(F)F. The third-order valence-electron chi connectivity index (χ3n) is 0.600. The van der Waals surface area contributed by atoms with Crippen molar-refractivity contribution in [2.45, 2.75) is 6.18 Å². The molecule has 0 rings (SSSR count). The summed E-state index contributed by atoms with van der Waals surface area (Å²) in [6, 6.07) is 0. The Balaban J connectivity index is 0. The van der Waals surface area contributed by atoms with Gasteiger partial charge in [0.25, 0.3) is 0 Å². The Kier molecular flexibility index (Phi) is 4.39. The highest BCUT2D eigenvalue weighted by Gasteiger charge is 2.36. The van der Waals surface area contributed by atoms with Crippen molar-refractivity contribution in [1.82, 2.24) is 0 Å². The molecule has 0 spiro atoms. The van der Waals surface area contributed by atoms with E-state index in [1.165, 1.54) is 0 Å². The smallest absolute Gasteiger partial charge is 0.422 e. The van der Waals surface area contributed by atoms with Crippen LogP contribution in [0.1, 0.15) is 0 Å². The maximum atomic E-state index is 11.2. The van der Waals surface area contributed by atoms with E-state index in [1.807, 2.05) is 0 Å².